The van der Waals surface area contributed by atoms with E-state index >= 15 is 0 Å². The van der Waals surface area contributed by atoms with Crippen LogP contribution in [0.1, 0.15) is 27.2 Å². The highest BCUT2D eigenvalue weighted by Gasteiger charge is 2.27. The van der Waals surface area contributed by atoms with E-state index in [0.29, 0.717) is 0 Å². The first-order valence-corrected chi connectivity index (χ1v) is 5.64. The molecule has 0 rings (SSSR count). The predicted octanol–water partition coefficient (Wildman–Crippen LogP) is 1.08. The summed E-state index contributed by atoms with van der Waals surface area (Å²) >= 11 is 0. The standard InChI is InChI=1S/C12H19NO6/c1-5-6-18-10(16)8(7-9(14)15)13-11(17)19-12(2,3)4/h5,8H,1,6-7H2,2-4H3,(H,13,17)(H,14,15)/t8-/m1/s1. The Kier molecular flexibility index (Phi) is 6.60. The summed E-state index contributed by atoms with van der Waals surface area (Å²) in [5.74, 6) is -2.09. The summed E-state index contributed by atoms with van der Waals surface area (Å²) in [5, 5.41) is 10.8. The molecule has 0 aliphatic carbocycles. The molecular weight excluding hydrogens is 254 g/mol. The Morgan fingerprint density at radius 1 is 1.37 bits per heavy atom. The zero-order valence-electron chi connectivity index (χ0n) is 11.3. The fourth-order valence-corrected chi connectivity index (χ4v) is 1.06. The summed E-state index contributed by atoms with van der Waals surface area (Å²) in [6.07, 6.45) is -0.132. The van der Waals surface area contributed by atoms with Crippen molar-refractivity contribution in [2.24, 2.45) is 0 Å². The summed E-state index contributed by atoms with van der Waals surface area (Å²) in [7, 11) is 0. The molecule has 7 heteroatoms. The average molecular weight is 273 g/mol. The number of hydrogen-bond donors (Lipinski definition) is 2. The summed E-state index contributed by atoms with van der Waals surface area (Å²) < 4.78 is 9.63. The van der Waals surface area contributed by atoms with Gasteiger partial charge in [0.15, 0.2) is 0 Å². The third-order valence-corrected chi connectivity index (χ3v) is 1.70. The molecule has 0 aromatic heterocycles. The highest BCUT2D eigenvalue weighted by molar-refractivity contribution is 5.85. The minimum absolute atomic E-state index is 0.0645. The fourth-order valence-electron chi connectivity index (χ4n) is 1.06. The van der Waals surface area contributed by atoms with Gasteiger partial charge in [-0.25, -0.2) is 9.59 Å². The number of nitrogens with one attached hydrogen (secondary N) is 1. The second-order valence-corrected chi connectivity index (χ2v) is 4.72. The lowest BCUT2D eigenvalue weighted by atomic mass is 10.2. The number of carbonyl (C=O) groups is 3. The normalized spacial score (nSPS) is 12.2. The topological polar surface area (TPSA) is 102 Å². The number of ether oxygens (including phenoxy) is 2. The number of hydrogen-bond acceptors (Lipinski definition) is 5. The van der Waals surface area contributed by atoms with Gasteiger partial charge in [0.2, 0.25) is 0 Å². The summed E-state index contributed by atoms with van der Waals surface area (Å²) in [6, 6.07) is -1.30. The predicted molar refractivity (Wildman–Crippen MR) is 66.6 cm³/mol. The molecule has 19 heavy (non-hydrogen) atoms. The molecule has 1 atom stereocenters. The van der Waals surface area contributed by atoms with E-state index in [0.717, 1.165) is 0 Å². The van der Waals surface area contributed by atoms with Crippen molar-refractivity contribution in [2.75, 3.05) is 6.61 Å². The monoisotopic (exact) mass is 273 g/mol. The minimum Gasteiger partial charge on any atom is -0.481 e. The second kappa shape index (κ2) is 7.40. The highest BCUT2D eigenvalue weighted by Crippen LogP contribution is 2.07. The van der Waals surface area contributed by atoms with Gasteiger partial charge in [-0.2, -0.15) is 0 Å². The molecule has 2 N–H and O–H groups in total. The van der Waals surface area contributed by atoms with Gasteiger partial charge < -0.3 is 19.9 Å². The molecular formula is C12H19NO6. The maximum absolute atomic E-state index is 11.5. The number of carboxylic acids is 1. The third kappa shape index (κ3) is 8.64. The van der Waals surface area contributed by atoms with Gasteiger partial charge in [-0.1, -0.05) is 12.7 Å². The molecule has 0 spiro atoms. The molecule has 0 fully saturated rings. The molecule has 0 aromatic carbocycles. The van der Waals surface area contributed by atoms with Crippen molar-refractivity contribution in [3.8, 4) is 0 Å². The van der Waals surface area contributed by atoms with E-state index in [1.165, 1.54) is 6.08 Å². The van der Waals surface area contributed by atoms with Crippen LogP contribution in [-0.2, 0) is 19.1 Å². The number of carbonyl (C=O) groups excluding carboxylic acids is 2. The molecule has 0 aliphatic heterocycles. The van der Waals surface area contributed by atoms with Gasteiger partial charge in [-0.15, -0.1) is 0 Å². The number of esters is 1. The van der Waals surface area contributed by atoms with Crippen molar-refractivity contribution < 1.29 is 29.0 Å². The molecule has 0 heterocycles. The van der Waals surface area contributed by atoms with Gasteiger partial charge in [0.1, 0.15) is 18.2 Å². The van der Waals surface area contributed by atoms with Crippen LogP contribution in [-0.4, -0.2) is 41.4 Å². The zero-order chi connectivity index (χ0) is 15.1. The van der Waals surface area contributed by atoms with Crippen molar-refractivity contribution in [3.63, 3.8) is 0 Å². The molecule has 0 aliphatic rings. The van der Waals surface area contributed by atoms with Crippen LogP contribution in [0.4, 0.5) is 4.79 Å². The van der Waals surface area contributed by atoms with E-state index in [1.807, 2.05) is 0 Å². The molecule has 0 aromatic rings. The number of rotatable bonds is 6. The highest BCUT2D eigenvalue weighted by atomic mass is 16.6. The molecule has 108 valence electrons. The van der Waals surface area contributed by atoms with Gasteiger partial charge in [0.05, 0.1) is 6.42 Å². The third-order valence-electron chi connectivity index (χ3n) is 1.70. The average Bonchev–Trinajstić information content (AvgIpc) is 2.21. The van der Waals surface area contributed by atoms with E-state index in [9.17, 15) is 14.4 Å². The number of amides is 1. The fraction of sp³-hybridized carbons (Fsp3) is 0.583. The molecule has 0 bridgehead atoms. The Bertz CT molecular complexity index is 358. The molecule has 0 unspecified atom stereocenters. The molecule has 0 saturated carbocycles. The Labute approximate surface area is 111 Å². The van der Waals surface area contributed by atoms with Gasteiger partial charge >= 0.3 is 18.0 Å². The maximum atomic E-state index is 11.5. The lowest BCUT2D eigenvalue weighted by Gasteiger charge is -2.22. The van der Waals surface area contributed by atoms with Crippen molar-refractivity contribution >= 4 is 18.0 Å². The number of carboxylic acid groups (broad SMARTS) is 1. The SMILES string of the molecule is C=CCOC(=O)[C@@H](CC(=O)O)NC(=O)OC(C)(C)C. The van der Waals surface area contributed by atoms with Crippen molar-refractivity contribution in [1.29, 1.82) is 0 Å². The van der Waals surface area contributed by atoms with Gasteiger partial charge in [0.25, 0.3) is 0 Å². The Hall–Kier alpha value is -2.05. The number of alkyl carbamates (subject to hydrolysis) is 1. The van der Waals surface area contributed by atoms with E-state index < -0.39 is 36.1 Å². The van der Waals surface area contributed by atoms with Crippen molar-refractivity contribution in [1.82, 2.24) is 5.32 Å². The zero-order valence-corrected chi connectivity index (χ0v) is 11.3. The van der Waals surface area contributed by atoms with Crippen molar-refractivity contribution in [3.05, 3.63) is 12.7 Å². The molecule has 7 nitrogen and oxygen atoms in total. The van der Waals surface area contributed by atoms with Crippen LogP contribution in [0, 0.1) is 0 Å². The first-order valence-electron chi connectivity index (χ1n) is 5.64. The Balaban J connectivity index is 4.58. The van der Waals surface area contributed by atoms with E-state index in [-0.39, 0.29) is 6.61 Å². The maximum Gasteiger partial charge on any atom is 0.408 e. The lowest BCUT2D eigenvalue weighted by Crippen LogP contribution is -2.45. The van der Waals surface area contributed by atoms with Crippen LogP contribution in [0.3, 0.4) is 0 Å². The molecule has 1 amide bonds. The summed E-state index contributed by atoms with van der Waals surface area (Å²) in [6.45, 7) is 8.24. The minimum atomic E-state index is -1.30. The quantitative estimate of drug-likeness (QED) is 0.554. The van der Waals surface area contributed by atoms with Crippen LogP contribution in [0.15, 0.2) is 12.7 Å². The summed E-state index contributed by atoms with van der Waals surface area (Å²) in [4.78, 5) is 33.6. The van der Waals surface area contributed by atoms with Crippen molar-refractivity contribution in [2.45, 2.75) is 38.8 Å². The lowest BCUT2D eigenvalue weighted by molar-refractivity contribution is -0.149. The van der Waals surface area contributed by atoms with Crippen LogP contribution < -0.4 is 5.32 Å². The van der Waals surface area contributed by atoms with Gasteiger partial charge in [0, 0.05) is 0 Å². The van der Waals surface area contributed by atoms with E-state index in [2.05, 4.69) is 11.9 Å². The number of aliphatic carboxylic acids is 1. The van der Waals surface area contributed by atoms with Crippen LogP contribution in [0.2, 0.25) is 0 Å². The molecule has 0 radical (unpaired) electrons. The second-order valence-electron chi connectivity index (χ2n) is 4.72. The first-order chi connectivity index (χ1) is 8.65. The largest absolute Gasteiger partial charge is 0.481 e. The van der Waals surface area contributed by atoms with Gasteiger partial charge in [-0.3, -0.25) is 4.79 Å². The Morgan fingerprint density at radius 2 is 1.95 bits per heavy atom. The van der Waals surface area contributed by atoms with Crippen LogP contribution in [0.5, 0.6) is 0 Å². The van der Waals surface area contributed by atoms with Gasteiger partial charge in [-0.05, 0) is 20.8 Å². The van der Waals surface area contributed by atoms with E-state index in [1.54, 1.807) is 20.8 Å². The smallest absolute Gasteiger partial charge is 0.408 e. The van der Waals surface area contributed by atoms with E-state index in [4.69, 9.17) is 14.6 Å². The Morgan fingerprint density at radius 3 is 2.37 bits per heavy atom. The summed E-state index contributed by atoms with van der Waals surface area (Å²) in [5.41, 5.74) is -0.747. The van der Waals surface area contributed by atoms with Crippen LogP contribution >= 0.6 is 0 Å². The van der Waals surface area contributed by atoms with Crippen LogP contribution in [0.25, 0.3) is 0 Å². The molecule has 0 saturated heterocycles. The first kappa shape index (κ1) is 16.9.